The molecule has 1 N–H and O–H groups in total. The monoisotopic (exact) mass is 411 g/mol. The van der Waals surface area contributed by atoms with Gasteiger partial charge in [-0.15, -0.1) is 0 Å². The Labute approximate surface area is 173 Å². The van der Waals surface area contributed by atoms with Crippen LogP contribution in [0.4, 0.5) is 5.69 Å². The summed E-state index contributed by atoms with van der Waals surface area (Å²) in [4.78, 5) is 48.9. The third-order valence-corrected chi connectivity index (χ3v) is 4.63. The molecule has 1 aliphatic rings. The number of Topliss-reactive ketones (excluding diaryl/α,β-unsaturated/α-hetero) is 1. The quantitative estimate of drug-likeness (QED) is 0.525. The Morgan fingerprint density at radius 2 is 1.77 bits per heavy atom. The lowest BCUT2D eigenvalue weighted by atomic mass is 10.0. The molecule has 8 heteroatoms. The fourth-order valence-electron chi connectivity index (χ4n) is 3.08. The van der Waals surface area contributed by atoms with Gasteiger partial charge in [0.1, 0.15) is 5.75 Å². The summed E-state index contributed by atoms with van der Waals surface area (Å²) in [5.74, 6) is -1.51. The van der Waals surface area contributed by atoms with Crippen molar-refractivity contribution < 1.29 is 33.8 Å². The van der Waals surface area contributed by atoms with E-state index >= 15 is 0 Å². The van der Waals surface area contributed by atoms with Gasteiger partial charge in [0, 0.05) is 12.0 Å². The first-order chi connectivity index (χ1) is 14.4. The highest BCUT2D eigenvalue weighted by Crippen LogP contribution is 2.34. The zero-order valence-corrected chi connectivity index (χ0v) is 16.4. The molecule has 0 fully saturated rings. The summed E-state index contributed by atoms with van der Waals surface area (Å²) in [5.41, 5.74) is 1.71. The second kappa shape index (κ2) is 9.21. The average Bonchev–Trinajstić information content (AvgIpc) is 2.74. The first-order valence-corrected chi connectivity index (χ1v) is 9.47. The Kier molecular flexibility index (Phi) is 6.46. The van der Waals surface area contributed by atoms with Gasteiger partial charge in [-0.05, 0) is 42.8 Å². The number of rotatable bonds is 8. The first kappa shape index (κ1) is 21.0. The number of amides is 1. The summed E-state index contributed by atoms with van der Waals surface area (Å²) < 4.78 is 10.3. The molecule has 8 nitrogen and oxygen atoms in total. The van der Waals surface area contributed by atoms with Crippen molar-refractivity contribution in [2.45, 2.75) is 26.3 Å². The van der Waals surface area contributed by atoms with Crippen molar-refractivity contribution in [1.82, 2.24) is 0 Å². The van der Waals surface area contributed by atoms with Crippen LogP contribution < -0.4 is 9.64 Å². The molecule has 1 amide bonds. The second-order valence-corrected chi connectivity index (χ2v) is 6.68. The van der Waals surface area contributed by atoms with E-state index in [9.17, 15) is 19.2 Å². The van der Waals surface area contributed by atoms with Gasteiger partial charge in [-0.1, -0.05) is 12.1 Å². The van der Waals surface area contributed by atoms with Gasteiger partial charge in [0.15, 0.2) is 12.4 Å². The number of aromatic carboxylic acids is 1. The summed E-state index contributed by atoms with van der Waals surface area (Å²) in [6.07, 6.45) is -0.0120. The third kappa shape index (κ3) is 4.83. The Balaban J connectivity index is 1.80. The Hall–Kier alpha value is -3.68. The van der Waals surface area contributed by atoms with Crippen molar-refractivity contribution in [2.24, 2.45) is 0 Å². The van der Waals surface area contributed by atoms with Gasteiger partial charge in [0.05, 0.1) is 30.8 Å². The number of carbonyl (C=O) groups is 4. The van der Waals surface area contributed by atoms with Crippen LogP contribution in [0.15, 0.2) is 42.5 Å². The minimum absolute atomic E-state index is 0.00305. The van der Waals surface area contributed by atoms with Crippen LogP contribution in [0, 0.1) is 0 Å². The van der Waals surface area contributed by atoms with Crippen LogP contribution in [0.25, 0.3) is 0 Å². The number of benzene rings is 2. The molecular weight excluding hydrogens is 390 g/mol. The molecule has 1 heterocycles. The smallest absolute Gasteiger partial charge is 0.335 e. The van der Waals surface area contributed by atoms with E-state index in [2.05, 4.69) is 0 Å². The molecule has 2 aromatic carbocycles. The van der Waals surface area contributed by atoms with Crippen molar-refractivity contribution in [3.05, 3.63) is 59.2 Å². The predicted octanol–water partition coefficient (Wildman–Crippen LogP) is 2.84. The Morgan fingerprint density at radius 3 is 2.43 bits per heavy atom. The minimum atomic E-state index is -1.03. The van der Waals surface area contributed by atoms with Crippen molar-refractivity contribution in [3.63, 3.8) is 0 Å². The molecule has 0 unspecified atom stereocenters. The number of anilines is 1. The number of carbonyl (C=O) groups excluding carboxylic acids is 3. The molecule has 3 rings (SSSR count). The number of ether oxygens (including phenoxy) is 2. The van der Waals surface area contributed by atoms with Crippen molar-refractivity contribution >= 4 is 29.3 Å². The molecule has 0 saturated carbocycles. The van der Waals surface area contributed by atoms with E-state index in [1.165, 1.54) is 17.0 Å². The van der Waals surface area contributed by atoms with Gasteiger partial charge in [0.25, 0.3) is 5.91 Å². The number of fused-ring (bicyclic) bond motifs is 1. The lowest BCUT2D eigenvalue weighted by molar-refractivity contribution is -0.143. The molecule has 0 bridgehead atoms. The van der Waals surface area contributed by atoms with E-state index in [1.807, 2.05) is 0 Å². The summed E-state index contributed by atoms with van der Waals surface area (Å²) in [6.45, 7) is 2.03. The van der Waals surface area contributed by atoms with Crippen LogP contribution in [0.2, 0.25) is 0 Å². The summed E-state index contributed by atoms with van der Waals surface area (Å²) in [7, 11) is 0. The van der Waals surface area contributed by atoms with Crippen molar-refractivity contribution in [2.75, 3.05) is 18.1 Å². The maximum Gasteiger partial charge on any atom is 0.335 e. The van der Waals surface area contributed by atoms with Crippen LogP contribution in [0.3, 0.4) is 0 Å². The van der Waals surface area contributed by atoms with E-state index in [-0.39, 0.29) is 49.9 Å². The zero-order chi connectivity index (χ0) is 21.7. The minimum Gasteiger partial charge on any atom is -0.482 e. The van der Waals surface area contributed by atoms with Crippen molar-refractivity contribution in [3.8, 4) is 5.75 Å². The molecule has 2 aromatic rings. The number of carboxylic acids is 1. The number of nitrogens with zero attached hydrogens (tertiary/aromatic N) is 1. The lowest BCUT2D eigenvalue weighted by Gasteiger charge is -2.30. The Morgan fingerprint density at radius 1 is 1.07 bits per heavy atom. The second-order valence-electron chi connectivity index (χ2n) is 6.68. The fourth-order valence-corrected chi connectivity index (χ4v) is 3.08. The molecule has 0 radical (unpaired) electrons. The number of esters is 1. The maximum absolute atomic E-state index is 12.5. The van der Waals surface area contributed by atoms with Gasteiger partial charge < -0.3 is 19.5 Å². The predicted molar refractivity (Wildman–Crippen MR) is 107 cm³/mol. The van der Waals surface area contributed by atoms with Gasteiger partial charge in [0.2, 0.25) is 0 Å². The molecule has 0 aromatic heterocycles. The number of hydrogen-bond acceptors (Lipinski definition) is 6. The SMILES string of the molecule is CCOC(=O)CCC(=O)c1ccc2c(c1)N(Cc1ccc(C(=O)O)cc1)C(=O)CO2. The Bertz CT molecular complexity index is 981. The van der Waals surface area contributed by atoms with Crippen LogP contribution in [-0.4, -0.2) is 41.9 Å². The third-order valence-electron chi connectivity index (χ3n) is 4.63. The van der Waals surface area contributed by atoms with Crippen LogP contribution in [0.5, 0.6) is 5.75 Å². The molecular formula is C22H21NO7. The number of carboxylic acid groups (broad SMARTS) is 1. The zero-order valence-electron chi connectivity index (χ0n) is 16.4. The van der Waals surface area contributed by atoms with Gasteiger partial charge in [-0.2, -0.15) is 0 Å². The van der Waals surface area contributed by atoms with Gasteiger partial charge >= 0.3 is 11.9 Å². The fraction of sp³-hybridized carbons (Fsp3) is 0.273. The topological polar surface area (TPSA) is 110 Å². The maximum atomic E-state index is 12.5. The largest absolute Gasteiger partial charge is 0.482 e. The average molecular weight is 411 g/mol. The van der Waals surface area contributed by atoms with E-state index in [0.717, 1.165) is 5.56 Å². The molecule has 0 atom stereocenters. The molecule has 0 aliphatic carbocycles. The number of ketones is 1. The van der Waals surface area contributed by atoms with E-state index in [4.69, 9.17) is 14.6 Å². The van der Waals surface area contributed by atoms with Crippen LogP contribution in [-0.2, 0) is 20.9 Å². The summed E-state index contributed by atoms with van der Waals surface area (Å²) in [5, 5.41) is 9.02. The molecule has 0 saturated heterocycles. The molecule has 156 valence electrons. The lowest BCUT2D eigenvalue weighted by Crippen LogP contribution is -2.38. The first-order valence-electron chi connectivity index (χ1n) is 9.47. The highest BCUT2D eigenvalue weighted by molar-refractivity contribution is 6.02. The molecule has 0 spiro atoms. The van der Waals surface area contributed by atoms with Crippen LogP contribution >= 0.6 is 0 Å². The van der Waals surface area contributed by atoms with E-state index in [0.29, 0.717) is 17.0 Å². The number of hydrogen-bond donors (Lipinski definition) is 1. The van der Waals surface area contributed by atoms with E-state index in [1.54, 1.807) is 37.3 Å². The normalized spacial score (nSPS) is 12.7. The highest BCUT2D eigenvalue weighted by atomic mass is 16.5. The van der Waals surface area contributed by atoms with Gasteiger partial charge in [-0.3, -0.25) is 14.4 Å². The summed E-state index contributed by atoms with van der Waals surface area (Å²) in [6, 6.07) is 11.0. The van der Waals surface area contributed by atoms with Crippen LogP contribution in [0.1, 0.15) is 46.0 Å². The van der Waals surface area contributed by atoms with Gasteiger partial charge in [-0.25, -0.2) is 4.79 Å². The van der Waals surface area contributed by atoms with Crippen molar-refractivity contribution in [1.29, 1.82) is 0 Å². The summed E-state index contributed by atoms with van der Waals surface area (Å²) >= 11 is 0. The van der Waals surface area contributed by atoms with E-state index < -0.39 is 11.9 Å². The molecule has 30 heavy (non-hydrogen) atoms. The standard InChI is InChI=1S/C22H21NO7/c1-2-29-21(26)10-8-18(24)16-7-9-19-17(11-16)23(20(25)13-30-19)12-14-3-5-15(6-4-14)22(27)28/h3-7,9,11H,2,8,10,12-13H2,1H3,(H,27,28). The molecule has 1 aliphatic heterocycles. The highest BCUT2D eigenvalue weighted by Gasteiger charge is 2.27.